The molecule has 0 spiro atoms. The second-order valence-corrected chi connectivity index (χ2v) is 4.87. The number of carbonyl (C=O) groups excluding carboxylic acids is 1. The van der Waals surface area contributed by atoms with Crippen LogP contribution in [0, 0.1) is 11.8 Å². The number of nitrogens with one attached hydrogen (secondary N) is 1. The quantitative estimate of drug-likeness (QED) is 0.685. The van der Waals surface area contributed by atoms with Crippen molar-refractivity contribution < 1.29 is 4.79 Å². The van der Waals surface area contributed by atoms with Gasteiger partial charge in [0.2, 0.25) is 11.2 Å². The van der Waals surface area contributed by atoms with Gasteiger partial charge in [-0.3, -0.25) is 4.79 Å². The van der Waals surface area contributed by atoms with E-state index in [1.807, 2.05) is 31.2 Å². The lowest BCUT2D eigenvalue weighted by molar-refractivity contribution is -0.119. The summed E-state index contributed by atoms with van der Waals surface area (Å²) in [7, 11) is 0. The number of aromatic nitrogens is 2. The van der Waals surface area contributed by atoms with Gasteiger partial charge < -0.3 is 5.32 Å². The van der Waals surface area contributed by atoms with Crippen LogP contribution in [-0.4, -0.2) is 15.9 Å². The third-order valence-corrected chi connectivity index (χ3v) is 3.00. The minimum Gasteiger partial charge on any atom is -0.350 e. The van der Waals surface area contributed by atoms with Crippen LogP contribution in [-0.2, 0) is 4.79 Å². The van der Waals surface area contributed by atoms with Gasteiger partial charge >= 0.3 is 0 Å². The van der Waals surface area contributed by atoms with E-state index in [9.17, 15) is 4.79 Å². The normalized spacial score (nSPS) is 11.2. The van der Waals surface area contributed by atoms with E-state index in [0.29, 0.717) is 5.56 Å². The topological polar surface area (TPSA) is 54.9 Å². The first-order chi connectivity index (χ1) is 10.0. The second kappa shape index (κ2) is 6.87. The Morgan fingerprint density at radius 1 is 1.14 bits per heavy atom. The summed E-state index contributed by atoms with van der Waals surface area (Å²) in [6, 6.07) is 7.70. The Kier molecular flexibility index (Phi) is 4.91. The van der Waals surface area contributed by atoms with E-state index in [4.69, 9.17) is 11.6 Å². The SMILES string of the molecule is CC(=O)NC(C)c1ccc(C#Cc2cnc(Cl)nc2)cc1. The molecule has 0 radical (unpaired) electrons. The lowest BCUT2D eigenvalue weighted by atomic mass is 10.1. The molecular formula is C16H14ClN3O. The maximum absolute atomic E-state index is 11.0. The second-order valence-electron chi connectivity index (χ2n) is 4.53. The predicted octanol–water partition coefficient (Wildman–Crippen LogP) is 2.73. The summed E-state index contributed by atoms with van der Waals surface area (Å²) in [4.78, 5) is 18.8. The van der Waals surface area contributed by atoms with Gasteiger partial charge in [0, 0.05) is 24.9 Å². The molecule has 0 saturated heterocycles. The lowest BCUT2D eigenvalue weighted by Gasteiger charge is -2.12. The van der Waals surface area contributed by atoms with Crippen molar-refractivity contribution in [3.8, 4) is 11.8 Å². The van der Waals surface area contributed by atoms with Gasteiger partial charge in [0.25, 0.3) is 0 Å². The molecule has 5 heteroatoms. The fraction of sp³-hybridized carbons (Fsp3) is 0.188. The molecule has 0 saturated carbocycles. The van der Waals surface area contributed by atoms with E-state index in [2.05, 4.69) is 27.1 Å². The van der Waals surface area contributed by atoms with Crippen LogP contribution in [0.25, 0.3) is 0 Å². The summed E-state index contributed by atoms with van der Waals surface area (Å²) < 4.78 is 0. The van der Waals surface area contributed by atoms with Crippen molar-refractivity contribution in [2.45, 2.75) is 19.9 Å². The van der Waals surface area contributed by atoms with E-state index in [0.717, 1.165) is 11.1 Å². The number of hydrogen-bond donors (Lipinski definition) is 1. The van der Waals surface area contributed by atoms with Crippen molar-refractivity contribution in [1.29, 1.82) is 0 Å². The maximum atomic E-state index is 11.0. The predicted molar refractivity (Wildman–Crippen MR) is 81.7 cm³/mol. The van der Waals surface area contributed by atoms with Crippen molar-refractivity contribution in [2.75, 3.05) is 0 Å². The Bertz CT molecular complexity index is 684. The fourth-order valence-corrected chi connectivity index (χ4v) is 1.86. The summed E-state index contributed by atoms with van der Waals surface area (Å²) in [6.07, 6.45) is 3.16. The molecule has 2 aromatic rings. The molecule has 0 aliphatic rings. The third-order valence-electron chi connectivity index (χ3n) is 2.80. The van der Waals surface area contributed by atoms with Gasteiger partial charge in [-0.2, -0.15) is 0 Å². The van der Waals surface area contributed by atoms with Crippen LogP contribution < -0.4 is 5.32 Å². The molecule has 106 valence electrons. The van der Waals surface area contributed by atoms with Crippen LogP contribution in [0.3, 0.4) is 0 Å². The first-order valence-electron chi connectivity index (χ1n) is 6.41. The Labute approximate surface area is 128 Å². The van der Waals surface area contributed by atoms with Crippen molar-refractivity contribution in [2.24, 2.45) is 0 Å². The van der Waals surface area contributed by atoms with Crippen LogP contribution in [0.5, 0.6) is 0 Å². The third kappa shape index (κ3) is 4.59. The zero-order valence-electron chi connectivity index (χ0n) is 11.7. The van der Waals surface area contributed by atoms with Gasteiger partial charge in [-0.1, -0.05) is 24.0 Å². The molecule has 1 atom stereocenters. The van der Waals surface area contributed by atoms with Crippen LogP contribution in [0.4, 0.5) is 0 Å². The van der Waals surface area contributed by atoms with E-state index in [1.165, 1.54) is 6.92 Å². The van der Waals surface area contributed by atoms with Crippen LogP contribution in [0.15, 0.2) is 36.7 Å². The monoisotopic (exact) mass is 299 g/mol. The van der Waals surface area contributed by atoms with Crippen LogP contribution in [0.2, 0.25) is 5.28 Å². The number of benzene rings is 1. The van der Waals surface area contributed by atoms with Gasteiger partial charge in [0.15, 0.2) is 0 Å². The summed E-state index contributed by atoms with van der Waals surface area (Å²) >= 11 is 5.61. The number of halogens is 1. The number of amides is 1. The Balaban J connectivity index is 2.09. The lowest BCUT2D eigenvalue weighted by Crippen LogP contribution is -2.23. The van der Waals surface area contributed by atoms with Gasteiger partial charge in [0.05, 0.1) is 11.6 Å². The van der Waals surface area contributed by atoms with E-state index in [-0.39, 0.29) is 17.2 Å². The fourth-order valence-electron chi connectivity index (χ4n) is 1.76. The molecule has 1 N–H and O–H groups in total. The smallest absolute Gasteiger partial charge is 0.222 e. The van der Waals surface area contributed by atoms with Gasteiger partial charge in [-0.15, -0.1) is 0 Å². The molecule has 0 fully saturated rings. The largest absolute Gasteiger partial charge is 0.350 e. The summed E-state index contributed by atoms with van der Waals surface area (Å²) in [5.41, 5.74) is 2.62. The Hall–Kier alpha value is -2.38. The zero-order valence-corrected chi connectivity index (χ0v) is 12.5. The highest BCUT2D eigenvalue weighted by Gasteiger charge is 2.05. The Morgan fingerprint density at radius 2 is 1.71 bits per heavy atom. The molecule has 4 nitrogen and oxygen atoms in total. The summed E-state index contributed by atoms with van der Waals surface area (Å²) in [5, 5.41) is 3.04. The van der Waals surface area contributed by atoms with Crippen LogP contribution in [0.1, 0.15) is 36.6 Å². The van der Waals surface area contributed by atoms with E-state index >= 15 is 0 Å². The zero-order chi connectivity index (χ0) is 15.2. The average Bonchev–Trinajstić information content (AvgIpc) is 2.46. The molecule has 1 aromatic carbocycles. The Morgan fingerprint density at radius 3 is 2.29 bits per heavy atom. The van der Waals surface area contributed by atoms with Crippen molar-refractivity contribution in [3.63, 3.8) is 0 Å². The number of nitrogens with zero attached hydrogens (tertiary/aromatic N) is 2. The van der Waals surface area contributed by atoms with Gasteiger partial charge in [0.1, 0.15) is 0 Å². The van der Waals surface area contributed by atoms with Crippen molar-refractivity contribution in [3.05, 3.63) is 58.6 Å². The molecule has 0 aliphatic heterocycles. The molecule has 2 rings (SSSR count). The minimum absolute atomic E-state index is 0.0193. The van der Waals surface area contributed by atoms with E-state index < -0.39 is 0 Å². The number of rotatable bonds is 2. The van der Waals surface area contributed by atoms with Crippen molar-refractivity contribution >= 4 is 17.5 Å². The summed E-state index contributed by atoms with van der Waals surface area (Å²) in [5.74, 6) is 5.95. The van der Waals surface area contributed by atoms with Gasteiger partial charge in [-0.05, 0) is 36.2 Å². The molecular weight excluding hydrogens is 286 g/mol. The molecule has 1 aromatic heterocycles. The molecule has 0 aliphatic carbocycles. The summed E-state index contributed by atoms with van der Waals surface area (Å²) in [6.45, 7) is 3.44. The number of hydrogen-bond acceptors (Lipinski definition) is 3. The first kappa shape index (κ1) is 15.0. The highest BCUT2D eigenvalue weighted by Crippen LogP contribution is 2.13. The van der Waals surface area contributed by atoms with Crippen molar-refractivity contribution in [1.82, 2.24) is 15.3 Å². The van der Waals surface area contributed by atoms with Gasteiger partial charge in [-0.25, -0.2) is 9.97 Å². The highest BCUT2D eigenvalue weighted by molar-refractivity contribution is 6.28. The molecule has 1 heterocycles. The molecule has 21 heavy (non-hydrogen) atoms. The standard InChI is InChI=1S/C16H14ClN3O/c1-11(20-12(2)21)15-7-5-13(6-8-15)3-4-14-9-18-16(17)19-10-14/h5-11H,1-2H3,(H,20,21). The number of carbonyl (C=O) groups is 1. The average molecular weight is 300 g/mol. The minimum atomic E-state index is -0.0471. The first-order valence-corrected chi connectivity index (χ1v) is 6.79. The van der Waals surface area contributed by atoms with E-state index in [1.54, 1.807) is 12.4 Å². The molecule has 1 amide bonds. The highest BCUT2D eigenvalue weighted by atomic mass is 35.5. The van der Waals surface area contributed by atoms with Crippen LogP contribution >= 0.6 is 11.6 Å². The molecule has 1 unspecified atom stereocenters. The molecule has 0 bridgehead atoms. The maximum Gasteiger partial charge on any atom is 0.222 e.